The van der Waals surface area contributed by atoms with Gasteiger partial charge in [0.05, 0.1) is 24.2 Å². The fourth-order valence-electron chi connectivity index (χ4n) is 2.83. The zero-order chi connectivity index (χ0) is 16.2. The van der Waals surface area contributed by atoms with Gasteiger partial charge in [-0.1, -0.05) is 0 Å². The molecule has 8 heteroatoms. The molecule has 2 rings (SSSR count). The number of nitrogens with one attached hydrogen (secondary N) is 2. The van der Waals surface area contributed by atoms with Gasteiger partial charge in [0.15, 0.2) is 0 Å². The molecule has 1 unspecified atom stereocenters. The van der Waals surface area contributed by atoms with Crippen LogP contribution in [0.15, 0.2) is 23.1 Å². The quantitative estimate of drug-likeness (QED) is 0.766. The summed E-state index contributed by atoms with van der Waals surface area (Å²) in [5.74, 6) is 0.643. The smallest absolute Gasteiger partial charge is 0.240 e. The van der Waals surface area contributed by atoms with Gasteiger partial charge in [0.2, 0.25) is 10.0 Å². The molecule has 1 atom stereocenters. The first-order valence-corrected chi connectivity index (χ1v) is 8.79. The van der Waals surface area contributed by atoms with Gasteiger partial charge in [0.25, 0.3) is 0 Å². The molecule has 0 bridgehead atoms. The molecule has 1 saturated heterocycles. The minimum absolute atomic E-state index is 0. The lowest BCUT2D eigenvalue weighted by atomic mass is 9.99. The molecule has 0 amide bonds. The lowest BCUT2D eigenvalue weighted by molar-refractivity contribution is 0.122. The number of sulfonamides is 1. The molecule has 0 aromatic heterocycles. The average Bonchev–Trinajstić information content (AvgIpc) is 2.94. The number of benzene rings is 1. The third-order valence-corrected chi connectivity index (χ3v) is 5.59. The summed E-state index contributed by atoms with van der Waals surface area (Å²) in [5.41, 5.74) is 0.342. The number of hydrogen-bond donors (Lipinski definition) is 2. The highest BCUT2D eigenvalue weighted by atomic mass is 35.5. The Kier molecular flexibility index (Phi) is 7.29. The van der Waals surface area contributed by atoms with Crippen LogP contribution in [0.5, 0.6) is 5.75 Å². The van der Waals surface area contributed by atoms with E-state index in [1.165, 1.54) is 0 Å². The number of methoxy groups -OCH3 is 2. The van der Waals surface area contributed by atoms with E-state index in [1.54, 1.807) is 39.3 Å². The molecule has 1 aliphatic heterocycles. The fraction of sp³-hybridized carbons (Fsp3) is 0.600. The Hall–Kier alpha value is -0.860. The van der Waals surface area contributed by atoms with Crippen molar-refractivity contribution in [3.63, 3.8) is 0 Å². The van der Waals surface area contributed by atoms with Crippen LogP contribution in [0.1, 0.15) is 18.4 Å². The van der Waals surface area contributed by atoms with Gasteiger partial charge in [0, 0.05) is 13.7 Å². The first-order chi connectivity index (χ1) is 10.4. The highest BCUT2D eigenvalue weighted by molar-refractivity contribution is 7.89. The van der Waals surface area contributed by atoms with Gasteiger partial charge in [-0.3, -0.25) is 0 Å². The topological polar surface area (TPSA) is 76.7 Å². The van der Waals surface area contributed by atoms with Crippen LogP contribution in [0, 0.1) is 6.92 Å². The van der Waals surface area contributed by atoms with Crippen LogP contribution in [0.2, 0.25) is 0 Å². The normalized spacial score (nSPS) is 21.0. The number of ether oxygens (including phenoxy) is 2. The van der Waals surface area contributed by atoms with Crippen LogP contribution in [0.3, 0.4) is 0 Å². The monoisotopic (exact) mass is 364 g/mol. The maximum Gasteiger partial charge on any atom is 0.240 e. The summed E-state index contributed by atoms with van der Waals surface area (Å²) in [4.78, 5) is 0.277. The Balaban J connectivity index is 0.00000264. The van der Waals surface area contributed by atoms with Gasteiger partial charge in [-0.15, -0.1) is 12.4 Å². The first kappa shape index (κ1) is 20.2. The molecule has 1 fully saturated rings. The van der Waals surface area contributed by atoms with Crippen molar-refractivity contribution in [2.75, 3.05) is 33.9 Å². The summed E-state index contributed by atoms with van der Waals surface area (Å²) in [6, 6.07) is 4.94. The molecule has 1 aromatic carbocycles. The van der Waals surface area contributed by atoms with Gasteiger partial charge in [0.1, 0.15) is 5.75 Å². The minimum Gasteiger partial charge on any atom is -0.497 e. The van der Waals surface area contributed by atoms with Gasteiger partial charge >= 0.3 is 0 Å². The molecule has 0 spiro atoms. The second-order valence-corrected chi connectivity index (χ2v) is 7.44. The number of halogens is 1. The standard InChI is InChI=1S/C15H24N2O4S.ClH/c1-12-9-13(21-3)5-6-14(12)22(18,19)17-10-15(11-20-2)7-4-8-16-15;/h5-6,9,16-17H,4,7-8,10-11H2,1-3H3;1H. The molecule has 132 valence electrons. The zero-order valence-corrected chi connectivity index (χ0v) is 15.4. The Morgan fingerprint density at radius 1 is 1.35 bits per heavy atom. The first-order valence-electron chi connectivity index (χ1n) is 7.31. The SMILES string of the molecule is COCC1(CNS(=O)(=O)c2ccc(OC)cc2C)CCCN1.Cl. The third-order valence-electron chi connectivity index (χ3n) is 4.02. The van der Waals surface area contributed by atoms with Gasteiger partial charge in [-0.05, 0) is 50.1 Å². The second kappa shape index (κ2) is 8.30. The summed E-state index contributed by atoms with van der Waals surface area (Å²) in [6.07, 6.45) is 1.91. The molecular weight excluding hydrogens is 340 g/mol. The van der Waals surface area contributed by atoms with E-state index in [4.69, 9.17) is 9.47 Å². The molecule has 2 N–H and O–H groups in total. The van der Waals surface area contributed by atoms with Crippen molar-refractivity contribution < 1.29 is 17.9 Å². The highest BCUT2D eigenvalue weighted by Crippen LogP contribution is 2.23. The Morgan fingerprint density at radius 3 is 2.61 bits per heavy atom. The maximum atomic E-state index is 12.5. The number of rotatable bonds is 7. The van der Waals surface area contributed by atoms with Gasteiger partial charge < -0.3 is 14.8 Å². The van der Waals surface area contributed by atoms with Crippen LogP contribution in [0.25, 0.3) is 0 Å². The summed E-state index contributed by atoms with van der Waals surface area (Å²) in [5, 5.41) is 3.36. The molecule has 1 aliphatic rings. The van der Waals surface area contributed by atoms with E-state index < -0.39 is 10.0 Å². The Labute approximate surface area is 144 Å². The molecule has 1 aromatic rings. The van der Waals surface area contributed by atoms with Crippen molar-refractivity contribution in [3.05, 3.63) is 23.8 Å². The maximum absolute atomic E-state index is 12.5. The van der Waals surface area contributed by atoms with Crippen molar-refractivity contribution in [2.45, 2.75) is 30.2 Å². The van der Waals surface area contributed by atoms with Crippen LogP contribution in [-0.2, 0) is 14.8 Å². The van der Waals surface area contributed by atoms with E-state index in [0.717, 1.165) is 19.4 Å². The lowest BCUT2D eigenvalue weighted by Gasteiger charge is -2.29. The summed E-state index contributed by atoms with van der Waals surface area (Å²) in [6.45, 7) is 3.44. The Bertz CT molecular complexity index is 616. The molecule has 0 radical (unpaired) electrons. The number of hydrogen-bond acceptors (Lipinski definition) is 5. The zero-order valence-electron chi connectivity index (χ0n) is 13.7. The summed E-state index contributed by atoms with van der Waals surface area (Å²) < 4.78 is 38.1. The van der Waals surface area contributed by atoms with Crippen LogP contribution < -0.4 is 14.8 Å². The van der Waals surface area contributed by atoms with Crippen molar-refractivity contribution in [2.24, 2.45) is 0 Å². The average molecular weight is 365 g/mol. The van der Waals surface area contributed by atoms with Crippen LogP contribution >= 0.6 is 12.4 Å². The van der Waals surface area contributed by atoms with E-state index in [2.05, 4.69) is 10.0 Å². The van der Waals surface area contributed by atoms with E-state index >= 15 is 0 Å². The predicted octanol–water partition coefficient (Wildman–Crippen LogP) is 1.47. The van der Waals surface area contributed by atoms with Crippen molar-refractivity contribution in [1.82, 2.24) is 10.0 Å². The van der Waals surface area contributed by atoms with E-state index in [9.17, 15) is 8.42 Å². The molecule has 6 nitrogen and oxygen atoms in total. The highest BCUT2D eigenvalue weighted by Gasteiger charge is 2.35. The van der Waals surface area contributed by atoms with Crippen LogP contribution in [-0.4, -0.2) is 47.9 Å². The number of aryl methyl sites for hydroxylation is 1. The molecule has 1 heterocycles. The second-order valence-electron chi connectivity index (χ2n) is 5.70. The lowest BCUT2D eigenvalue weighted by Crippen LogP contribution is -2.52. The molecule has 0 aliphatic carbocycles. The summed E-state index contributed by atoms with van der Waals surface area (Å²) in [7, 11) is -0.375. The molecule has 23 heavy (non-hydrogen) atoms. The van der Waals surface area contributed by atoms with Gasteiger partial charge in [-0.2, -0.15) is 0 Å². The van der Waals surface area contributed by atoms with E-state index in [-0.39, 0.29) is 22.8 Å². The van der Waals surface area contributed by atoms with Crippen LogP contribution in [0.4, 0.5) is 0 Å². The largest absolute Gasteiger partial charge is 0.497 e. The van der Waals surface area contributed by atoms with E-state index in [0.29, 0.717) is 24.5 Å². The predicted molar refractivity (Wildman–Crippen MR) is 92.0 cm³/mol. The molecular formula is C15H25ClN2O4S. The minimum atomic E-state index is -3.56. The van der Waals surface area contributed by atoms with Crippen molar-refractivity contribution in [3.8, 4) is 5.75 Å². The summed E-state index contributed by atoms with van der Waals surface area (Å²) >= 11 is 0. The third kappa shape index (κ3) is 4.81. The fourth-order valence-corrected chi connectivity index (χ4v) is 4.18. The molecule has 0 saturated carbocycles. The van der Waals surface area contributed by atoms with E-state index in [1.807, 2.05) is 0 Å². The Morgan fingerprint density at radius 2 is 2.09 bits per heavy atom. The van der Waals surface area contributed by atoms with Crippen molar-refractivity contribution >= 4 is 22.4 Å². The van der Waals surface area contributed by atoms with Gasteiger partial charge in [-0.25, -0.2) is 13.1 Å². The van der Waals surface area contributed by atoms with Crippen molar-refractivity contribution in [1.29, 1.82) is 0 Å².